The van der Waals surface area contributed by atoms with Crippen molar-refractivity contribution in [3.05, 3.63) is 75.9 Å². The molecule has 0 amide bonds. The molecule has 2 heteroatoms. The summed E-state index contributed by atoms with van der Waals surface area (Å²) in [5.41, 5.74) is 9.35. The number of rotatable bonds is 2. The molecule has 1 heterocycles. The smallest absolute Gasteiger partial charge is 0.144 e. The summed E-state index contributed by atoms with van der Waals surface area (Å²) in [6.07, 6.45) is 3.99. The van der Waals surface area contributed by atoms with E-state index in [2.05, 4.69) is 131 Å². The monoisotopic (exact) mass is 458 g/mol. The van der Waals surface area contributed by atoms with Crippen molar-refractivity contribution in [3.8, 4) is 0 Å². The summed E-state index contributed by atoms with van der Waals surface area (Å²) in [6, 6.07) is 14.1. The fraction of sp³-hybridized carbons (Fsp3) is 0.531. The molecule has 1 unspecified atom stereocenters. The maximum Gasteiger partial charge on any atom is 0.144 e. The molecule has 184 valence electrons. The highest BCUT2D eigenvalue weighted by atomic mass is 15.1. The lowest BCUT2D eigenvalue weighted by molar-refractivity contribution is 0.561. The van der Waals surface area contributed by atoms with Crippen molar-refractivity contribution < 1.29 is 0 Å². The summed E-state index contributed by atoms with van der Waals surface area (Å²) in [4.78, 5) is 4.85. The Hall–Kier alpha value is -2.35. The third-order valence-electron chi connectivity index (χ3n) is 6.75. The number of hydrogen-bond donors (Lipinski definition) is 1. The summed E-state index contributed by atoms with van der Waals surface area (Å²) in [5, 5.41) is 3.76. The maximum absolute atomic E-state index is 4.85. The zero-order valence-electron chi connectivity index (χ0n) is 23.6. The number of benzene rings is 2. The Morgan fingerprint density at radius 2 is 0.941 bits per heavy atom. The van der Waals surface area contributed by atoms with Gasteiger partial charge in [0.05, 0.1) is 0 Å². The second-order valence-electron chi connectivity index (χ2n) is 14.1. The highest BCUT2D eigenvalue weighted by Crippen LogP contribution is 2.35. The number of nitrogens with one attached hydrogen (secondary N) is 1. The average Bonchev–Trinajstić information content (AvgIpc) is 2.70. The summed E-state index contributed by atoms with van der Waals surface area (Å²) in [7, 11) is 0. The molecule has 2 nitrogen and oxygen atoms in total. The van der Waals surface area contributed by atoms with Crippen molar-refractivity contribution in [2.75, 3.05) is 0 Å². The van der Waals surface area contributed by atoms with Crippen LogP contribution in [0.15, 0.2) is 47.5 Å². The van der Waals surface area contributed by atoms with Crippen LogP contribution in [0, 0.1) is 0 Å². The van der Waals surface area contributed by atoms with E-state index >= 15 is 0 Å². The molecule has 3 rings (SSSR count). The Balaban J connectivity index is 2.06. The van der Waals surface area contributed by atoms with Gasteiger partial charge in [0, 0.05) is 11.9 Å². The zero-order valence-corrected chi connectivity index (χ0v) is 23.6. The van der Waals surface area contributed by atoms with Crippen LogP contribution in [0.4, 0.5) is 0 Å². The van der Waals surface area contributed by atoms with Gasteiger partial charge in [-0.25, -0.2) is 0 Å². The second kappa shape index (κ2) is 8.70. The Kier molecular flexibility index (Phi) is 6.72. The van der Waals surface area contributed by atoms with Gasteiger partial charge in [-0.3, -0.25) is 4.99 Å². The van der Waals surface area contributed by atoms with Crippen LogP contribution in [0.25, 0.3) is 5.70 Å². The quantitative estimate of drug-likeness (QED) is 0.479. The predicted molar refractivity (Wildman–Crippen MR) is 150 cm³/mol. The largest absolute Gasteiger partial charge is 0.360 e. The zero-order chi connectivity index (χ0) is 25.7. The van der Waals surface area contributed by atoms with Crippen LogP contribution in [-0.4, -0.2) is 6.21 Å². The molecule has 0 bridgehead atoms. The maximum atomic E-state index is 4.85. The van der Waals surface area contributed by atoms with Gasteiger partial charge in [-0.2, -0.15) is 0 Å². The van der Waals surface area contributed by atoms with E-state index in [1.807, 2.05) is 6.21 Å². The van der Waals surface area contributed by atoms with Gasteiger partial charge in [0.15, 0.2) is 0 Å². The Labute approximate surface area is 209 Å². The topological polar surface area (TPSA) is 24.4 Å². The van der Waals surface area contributed by atoms with Crippen molar-refractivity contribution in [3.63, 3.8) is 0 Å². The molecule has 0 saturated heterocycles. The van der Waals surface area contributed by atoms with Crippen LogP contribution >= 0.6 is 0 Å². The lowest BCUT2D eigenvalue weighted by Gasteiger charge is -2.30. The molecule has 0 aliphatic carbocycles. The molecule has 1 atom stereocenters. The van der Waals surface area contributed by atoms with Crippen LogP contribution in [0.1, 0.15) is 123 Å². The fourth-order valence-electron chi connectivity index (χ4n) is 4.11. The highest BCUT2D eigenvalue weighted by molar-refractivity contribution is 5.86. The number of allylic oxidation sites excluding steroid dienone is 1. The molecule has 1 aliphatic heterocycles. The molecule has 2 aromatic rings. The molecular weight excluding hydrogens is 412 g/mol. The molecule has 34 heavy (non-hydrogen) atoms. The minimum Gasteiger partial charge on any atom is -0.360 e. The van der Waals surface area contributed by atoms with Crippen LogP contribution < -0.4 is 5.32 Å². The number of aliphatic imine (C=N–C) groups is 1. The predicted octanol–water partition coefficient (Wildman–Crippen LogP) is 8.59. The molecule has 1 aliphatic rings. The first-order valence-corrected chi connectivity index (χ1v) is 12.7. The summed E-state index contributed by atoms with van der Waals surface area (Å²) in [5.74, 6) is 0. The molecule has 0 fully saturated rings. The first kappa shape index (κ1) is 26.3. The van der Waals surface area contributed by atoms with E-state index in [-0.39, 0.29) is 27.8 Å². The minimum absolute atomic E-state index is 0.0791. The Bertz CT molecular complexity index is 1040. The van der Waals surface area contributed by atoms with Crippen molar-refractivity contribution >= 4 is 11.9 Å². The van der Waals surface area contributed by atoms with Crippen molar-refractivity contribution in [2.45, 2.75) is 111 Å². The van der Waals surface area contributed by atoms with E-state index in [0.29, 0.717) is 0 Å². The highest BCUT2D eigenvalue weighted by Gasteiger charge is 2.25. The van der Waals surface area contributed by atoms with E-state index in [4.69, 9.17) is 4.99 Å². The molecule has 0 radical (unpaired) electrons. The molecule has 2 aromatic carbocycles. The molecular formula is C32H46N2. The van der Waals surface area contributed by atoms with E-state index in [0.717, 1.165) is 5.70 Å². The van der Waals surface area contributed by atoms with E-state index in [9.17, 15) is 0 Å². The van der Waals surface area contributed by atoms with Gasteiger partial charge in [-0.15, -0.1) is 0 Å². The Morgan fingerprint density at radius 1 is 0.559 bits per heavy atom. The molecule has 0 saturated carbocycles. The third kappa shape index (κ3) is 6.01. The van der Waals surface area contributed by atoms with Crippen molar-refractivity contribution in [1.29, 1.82) is 0 Å². The first-order chi connectivity index (χ1) is 15.4. The van der Waals surface area contributed by atoms with E-state index < -0.39 is 0 Å². The number of nitrogens with zero attached hydrogens (tertiary/aromatic N) is 1. The fourth-order valence-corrected chi connectivity index (χ4v) is 4.11. The summed E-state index contributed by atoms with van der Waals surface area (Å²) >= 11 is 0. The first-order valence-electron chi connectivity index (χ1n) is 12.7. The van der Waals surface area contributed by atoms with Crippen LogP contribution in [0.5, 0.6) is 0 Å². The summed E-state index contributed by atoms with van der Waals surface area (Å²) in [6.45, 7) is 27.4. The lowest BCUT2D eigenvalue weighted by atomic mass is 9.79. The van der Waals surface area contributed by atoms with Gasteiger partial charge < -0.3 is 5.32 Å². The SMILES string of the molecule is CC(C)(C)c1cc(C2=CC=NC(c3cc(C(C)(C)C)cc(C(C)(C)C)c3)N2)cc(C(C)(C)C)c1. The normalized spacial score (nSPS) is 17.4. The average molecular weight is 459 g/mol. The Morgan fingerprint density at radius 3 is 1.32 bits per heavy atom. The van der Waals surface area contributed by atoms with Crippen LogP contribution in [0.2, 0.25) is 0 Å². The van der Waals surface area contributed by atoms with Crippen molar-refractivity contribution in [1.82, 2.24) is 5.32 Å². The standard InChI is InChI=1S/C32H46N2/c1-29(2,3)23-15-21(16-24(19-23)30(4,5)6)27-13-14-33-28(34-27)22-17-25(31(7,8)9)20-26(18-22)32(10,11)12/h13-20,28,34H,1-12H3. The molecule has 0 spiro atoms. The van der Waals surface area contributed by atoms with Gasteiger partial charge in [0.1, 0.15) is 6.17 Å². The van der Waals surface area contributed by atoms with Gasteiger partial charge >= 0.3 is 0 Å². The van der Waals surface area contributed by atoms with Crippen molar-refractivity contribution in [2.24, 2.45) is 4.99 Å². The lowest BCUT2D eigenvalue weighted by Crippen LogP contribution is -2.24. The van der Waals surface area contributed by atoms with Gasteiger partial charge in [0.2, 0.25) is 0 Å². The molecule has 1 N–H and O–H groups in total. The van der Waals surface area contributed by atoms with E-state index in [1.165, 1.54) is 33.4 Å². The minimum atomic E-state index is -0.0974. The van der Waals surface area contributed by atoms with E-state index in [1.54, 1.807) is 0 Å². The van der Waals surface area contributed by atoms with Gasteiger partial charge in [-0.1, -0.05) is 107 Å². The third-order valence-corrected chi connectivity index (χ3v) is 6.75. The summed E-state index contributed by atoms with van der Waals surface area (Å²) < 4.78 is 0. The van der Waals surface area contributed by atoms with Crippen LogP contribution in [0.3, 0.4) is 0 Å². The second-order valence-corrected chi connectivity index (χ2v) is 14.1. The van der Waals surface area contributed by atoms with Gasteiger partial charge in [0.25, 0.3) is 0 Å². The molecule has 0 aromatic heterocycles. The van der Waals surface area contributed by atoms with Crippen LogP contribution in [-0.2, 0) is 21.7 Å². The number of hydrogen-bond acceptors (Lipinski definition) is 2. The van der Waals surface area contributed by atoms with Gasteiger partial charge in [-0.05, 0) is 73.2 Å².